The molecule has 1 aliphatic rings. The lowest BCUT2D eigenvalue weighted by Gasteiger charge is -2.37. The number of carbonyl (C=O) groups is 2. The van der Waals surface area contributed by atoms with Crippen molar-refractivity contribution in [1.82, 2.24) is 4.90 Å². The molecule has 2 amide bonds. The molecule has 6 nitrogen and oxygen atoms in total. The summed E-state index contributed by atoms with van der Waals surface area (Å²) in [6.45, 7) is 4.38. The van der Waals surface area contributed by atoms with Crippen LogP contribution in [0.15, 0.2) is 30.3 Å². The lowest BCUT2D eigenvalue weighted by molar-refractivity contribution is -0.135. The van der Waals surface area contributed by atoms with Gasteiger partial charge < -0.3 is 14.7 Å². The summed E-state index contributed by atoms with van der Waals surface area (Å²) in [5.74, 6) is -1.04. The van der Waals surface area contributed by atoms with Crippen LogP contribution in [0.1, 0.15) is 13.8 Å². The second-order valence-corrected chi connectivity index (χ2v) is 5.26. The minimum absolute atomic E-state index is 0.0554. The summed E-state index contributed by atoms with van der Waals surface area (Å²) in [6.07, 6.45) is -0.111. The molecule has 1 fully saturated rings. The van der Waals surface area contributed by atoms with Gasteiger partial charge in [0.05, 0.1) is 12.2 Å². The highest BCUT2D eigenvalue weighted by Gasteiger charge is 2.30. The lowest BCUT2D eigenvalue weighted by atomic mass is 10.2. The maximum Gasteiger partial charge on any atom is 0.325 e. The van der Waals surface area contributed by atoms with Gasteiger partial charge in [-0.15, -0.1) is 0 Å². The van der Waals surface area contributed by atoms with Gasteiger partial charge in [0.2, 0.25) is 0 Å². The van der Waals surface area contributed by atoms with Crippen LogP contribution in [-0.2, 0) is 9.53 Å². The molecule has 0 aliphatic carbocycles. The fourth-order valence-corrected chi connectivity index (χ4v) is 2.52. The first-order valence-electron chi connectivity index (χ1n) is 6.96. The molecule has 1 aliphatic heterocycles. The molecule has 2 atom stereocenters. The Kier molecular flexibility index (Phi) is 4.80. The SMILES string of the molecule is CC1CN(C(=O)N(CC(=O)O)c2ccccc2)CC(C)O1. The van der Waals surface area contributed by atoms with Gasteiger partial charge in [-0.2, -0.15) is 0 Å². The summed E-state index contributed by atoms with van der Waals surface area (Å²) in [4.78, 5) is 26.7. The second kappa shape index (κ2) is 6.58. The number of aliphatic carboxylic acids is 1. The van der Waals surface area contributed by atoms with Crippen LogP contribution in [0.5, 0.6) is 0 Å². The number of nitrogens with zero attached hydrogens (tertiary/aromatic N) is 2. The van der Waals surface area contributed by atoms with Gasteiger partial charge in [-0.1, -0.05) is 18.2 Å². The number of hydrogen-bond donors (Lipinski definition) is 1. The number of carboxylic acid groups (broad SMARTS) is 1. The number of rotatable bonds is 3. The first-order valence-corrected chi connectivity index (χ1v) is 6.96. The van der Waals surface area contributed by atoms with Crippen LogP contribution in [0.3, 0.4) is 0 Å². The molecular weight excluding hydrogens is 272 g/mol. The van der Waals surface area contributed by atoms with Gasteiger partial charge in [-0.25, -0.2) is 4.79 Å². The Hall–Kier alpha value is -2.08. The summed E-state index contributed by atoms with van der Waals surface area (Å²) >= 11 is 0. The van der Waals surface area contributed by atoms with Crippen molar-refractivity contribution in [3.8, 4) is 0 Å². The van der Waals surface area contributed by atoms with Gasteiger partial charge in [0.15, 0.2) is 0 Å². The Labute approximate surface area is 123 Å². The first kappa shape index (κ1) is 15.3. The Morgan fingerprint density at radius 2 is 1.81 bits per heavy atom. The number of para-hydroxylation sites is 1. The number of hydrogen-bond acceptors (Lipinski definition) is 3. The molecule has 0 bridgehead atoms. The number of amides is 2. The minimum Gasteiger partial charge on any atom is -0.480 e. The quantitative estimate of drug-likeness (QED) is 0.922. The number of carbonyl (C=O) groups excluding carboxylic acids is 1. The van der Waals surface area contributed by atoms with Crippen LogP contribution >= 0.6 is 0 Å². The average molecular weight is 292 g/mol. The summed E-state index contributed by atoms with van der Waals surface area (Å²) in [5.41, 5.74) is 0.580. The number of morpholine rings is 1. The van der Waals surface area contributed by atoms with Gasteiger partial charge in [0.25, 0.3) is 0 Å². The maximum atomic E-state index is 12.7. The van der Waals surface area contributed by atoms with Crippen LogP contribution in [-0.4, -0.2) is 53.8 Å². The summed E-state index contributed by atoms with van der Waals surface area (Å²) in [7, 11) is 0. The molecule has 21 heavy (non-hydrogen) atoms. The van der Waals surface area contributed by atoms with E-state index in [9.17, 15) is 9.59 Å². The standard InChI is InChI=1S/C15H20N2O4/c1-11-8-16(9-12(2)21-11)15(20)17(10-14(18)19)13-6-4-3-5-7-13/h3-7,11-12H,8-10H2,1-2H3,(H,18,19). The zero-order valence-corrected chi connectivity index (χ0v) is 12.2. The molecule has 0 spiro atoms. The molecule has 1 heterocycles. The van der Waals surface area contributed by atoms with E-state index in [4.69, 9.17) is 9.84 Å². The van der Waals surface area contributed by atoms with E-state index in [0.29, 0.717) is 18.8 Å². The van der Waals surface area contributed by atoms with Gasteiger partial charge in [0.1, 0.15) is 6.54 Å². The predicted molar refractivity (Wildman–Crippen MR) is 78.4 cm³/mol. The zero-order valence-electron chi connectivity index (χ0n) is 12.2. The Morgan fingerprint density at radius 1 is 1.24 bits per heavy atom. The number of anilines is 1. The molecule has 2 unspecified atom stereocenters. The third-order valence-electron chi connectivity index (χ3n) is 3.28. The molecule has 6 heteroatoms. The van der Waals surface area contributed by atoms with Crippen molar-refractivity contribution >= 4 is 17.7 Å². The van der Waals surface area contributed by atoms with Crippen molar-refractivity contribution in [2.75, 3.05) is 24.5 Å². The molecule has 1 aromatic rings. The highest BCUT2D eigenvalue weighted by atomic mass is 16.5. The molecule has 1 aromatic carbocycles. The summed E-state index contributed by atoms with van der Waals surface area (Å²) in [5, 5.41) is 9.06. The Bertz CT molecular complexity index is 496. The number of benzene rings is 1. The van der Waals surface area contributed by atoms with Crippen molar-refractivity contribution in [1.29, 1.82) is 0 Å². The van der Waals surface area contributed by atoms with Crippen LogP contribution in [0, 0.1) is 0 Å². The normalized spacial score (nSPS) is 21.9. The average Bonchev–Trinajstić information content (AvgIpc) is 2.44. The van der Waals surface area contributed by atoms with E-state index in [2.05, 4.69) is 0 Å². The van der Waals surface area contributed by atoms with Crippen molar-refractivity contribution in [2.45, 2.75) is 26.1 Å². The zero-order chi connectivity index (χ0) is 15.4. The van der Waals surface area contributed by atoms with E-state index in [1.807, 2.05) is 19.9 Å². The molecular formula is C15H20N2O4. The molecule has 2 rings (SSSR count). The Morgan fingerprint density at radius 3 is 2.33 bits per heavy atom. The van der Waals surface area contributed by atoms with E-state index in [-0.39, 0.29) is 24.8 Å². The number of urea groups is 1. The molecule has 1 N–H and O–H groups in total. The first-order chi connectivity index (χ1) is 9.97. The van der Waals surface area contributed by atoms with Crippen molar-refractivity contribution in [3.05, 3.63) is 30.3 Å². The molecule has 0 saturated carbocycles. The van der Waals surface area contributed by atoms with Gasteiger partial charge in [0, 0.05) is 18.8 Å². The number of carboxylic acids is 1. The smallest absolute Gasteiger partial charge is 0.325 e. The third kappa shape index (κ3) is 3.95. The predicted octanol–water partition coefficient (Wildman–Crippen LogP) is 1.81. The largest absolute Gasteiger partial charge is 0.480 e. The van der Waals surface area contributed by atoms with E-state index in [0.717, 1.165) is 0 Å². The molecule has 114 valence electrons. The highest BCUT2D eigenvalue weighted by Crippen LogP contribution is 2.18. The minimum atomic E-state index is -1.04. The van der Waals surface area contributed by atoms with Gasteiger partial charge in [-0.3, -0.25) is 9.69 Å². The molecule has 0 radical (unpaired) electrons. The van der Waals surface area contributed by atoms with E-state index in [1.165, 1.54) is 4.90 Å². The van der Waals surface area contributed by atoms with Gasteiger partial charge >= 0.3 is 12.0 Å². The van der Waals surface area contributed by atoms with Crippen LogP contribution in [0.2, 0.25) is 0 Å². The summed E-state index contributed by atoms with van der Waals surface area (Å²) in [6, 6.07) is 8.55. The van der Waals surface area contributed by atoms with Crippen molar-refractivity contribution in [3.63, 3.8) is 0 Å². The maximum absolute atomic E-state index is 12.7. The monoisotopic (exact) mass is 292 g/mol. The molecule has 1 saturated heterocycles. The van der Waals surface area contributed by atoms with Crippen LogP contribution < -0.4 is 4.90 Å². The van der Waals surface area contributed by atoms with Crippen molar-refractivity contribution in [2.24, 2.45) is 0 Å². The third-order valence-corrected chi connectivity index (χ3v) is 3.28. The topological polar surface area (TPSA) is 70.1 Å². The fourth-order valence-electron chi connectivity index (χ4n) is 2.52. The van der Waals surface area contributed by atoms with E-state index >= 15 is 0 Å². The lowest BCUT2D eigenvalue weighted by Crippen LogP contribution is -2.53. The van der Waals surface area contributed by atoms with Crippen LogP contribution in [0.25, 0.3) is 0 Å². The van der Waals surface area contributed by atoms with E-state index in [1.54, 1.807) is 29.2 Å². The fraction of sp³-hybridized carbons (Fsp3) is 0.467. The number of ether oxygens (including phenoxy) is 1. The second-order valence-electron chi connectivity index (χ2n) is 5.26. The highest BCUT2D eigenvalue weighted by molar-refractivity contribution is 5.96. The van der Waals surface area contributed by atoms with Crippen molar-refractivity contribution < 1.29 is 19.4 Å². The Balaban J connectivity index is 2.20. The van der Waals surface area contributed by atoms with E-state index < -0.39 is 5.97 Å². The van der Waals surface area contributed by atoms with Crippen LogP contribution in [0.4, 0.5) is 10.5 Å². The summed E-state index contributed by atoms with van der Waals surface area (Å²) < 4.78 is 5.60. The van der Waals surface area contributed by atoms with Gasteiger partial charge in [-0.05, 0) is 26.0 Å². The molecule has 0 aromatic heterocycles.